The van der Waals surface area contributed by atoms with Crippen molar-refractivity contribution >= 4 is 17.0 Å². The molecule has 0 radical (unpaired) electrons. The van der Waals surface area contributed by atoms with Gasteiger partial charge in [-0.25, -0.2) is 0 Å². The topological polar surface area (TPSA) is 42.2 Å². The lowest BCUT2D eigenvalue weighted by atomic mass is 10.2. The molecule has 0 aliphatic rings. The predicted molar refractivity (Wildman–Crippen MR) is 68.6 cm³/mol. The smallest absolute Gasteiger partial charge is 0.0598 e. The average molecular weight is 233 g/mol. The number of nitrogens with zero attached hydrogens (tertiary/aromatic N) is 2. The van der Waals surface area contributed by atoms with Crippen molar-refractivity contribution in [2.24, 2.45) is 5.73 Å². The highest BCUT2D eigenvalue weighted by molar-refractivity contribution is 7.07. The van der Waals surface area contributed by atoms with Crippen LogP contribution in [0.25, 0.3) is 0 Å². The van der Waals surface area contributed by atoms with Crippen molar-refractivity contribution in [3.63, 3.8) is 0 Å². The first-order chi connectivity index (χ1) is 7.81. The number of nitrogens with two attached hydrogens (primary N) is 1. The highest BCUT2D eigenvalue weighted by Gasteiger charge is 2.06. The Hall–Kier alpha value is -1.39. The third-order valence-corrected chi connectivity index (χ3v) is 3.25. The van der Waals surface area contributed by atoms with Crippen molar-refractivity contribution in [3.05, 3.63) is 46.4 Å². The summed E-state index contributed by atoms with van der Waals surface area (Å²) in [6.45, 7) is 1.44. The van der Waals surface area contributed by atoms with Gasteiger partial charge in [-0.3, -0.25) is 4.98 Å². The summed E-state index contributed by atoms with van der Waals surface area (Å²) >= 11 is 1.72. The Morgan fingerprint density at radius 2 is 2.31 bits per heavy atom. The first-order valence-corrected chi connectivity index (χ1v) is 6.10. The molecule has 0 fully saturated rings. The molecule has 0 atom stereocenters. The predicted octanol–water partition coefficient (Wildman–Crippen LogP) is 2.24. The van der Waals surface area contributed by atoms with E-state index in [9.17, 15) is 0 Å². The summed E-state index contributed by atoms with van der Waals surface area (Å²) < 4.78 is 0. The summed E-state index contributed by atoms with van der Waals surface area (Å²) in [5, 5.41) is 4.26. The molecule has 0 saturated carbocycles. The maximum Gasteiger partial charge on any atom is 0.0598 e. The van der Waals surface area contributed by atoms with Gasteiger partial charge >= 0.3 is 0 Å². The molecule has 0 bridgehead atoms. The summed E-state index contributed by atoms with van der Waals surface area (Å²) in [5.74, 6) is 0. The van der Waals surface area contributed by atoms with Gasteiger partial charge in [0.25, 0.3) is 0 Å². The number of thiophene rings is 1. The van der Waals surface area contributed by atoms with Crippen LogP contribution in [0, 0.1) is 0 Å². The van der Waals surface area contributed by atoms with E-state index in [1.807, 2.05) is 12.3 Å². The van der Waals surface area contributed by atoms with Crippen LogP contribution in [-0.2, 0) is 13.1 Å². The maximum atomic E-state index is 5.71. The van der Waals surface area contributed by atoms with E-state index in [1.165, 1.54) is 5.56 Å². The molecule has 0 saturated heterocycles. The quantitative estimate of drug-likeness (QED) is 0.880. The van der Waals surface area contributed by atoms with Crippen molar-refractivity contribution in [2.75, 3.05) is 11.9 Å². The molecule has 0 aliphatic carbocycles. The zero-order valence-corrected chi connectivity index (χ0v) is 10.1. The van der Waals surface area contributed by atoms with Crippen LogP contribution in [0.5, 0.6) is 0 Å². The molecule has 2 rings (SSSR count). The van der Waals surface area contributed by atoms with Gasteiger partial charge in [0.2, 0.25) is 0 Å². The van der Waals surface area contributed by atoms with Crippen LogP contribution in [0.4, 0.5) is 5.69 Å². The van der Waals surface area contributed by atoms with Crippen LogP contribution in [0.3, 0.4) is 0 Å². The lowest BCUT2D eigenvalue weighted by molar-refractivity contribution is 0.900. The molecule has 2 heterocycles. The molecule has 2 aromatic rings. The second-order valence-electron chi connectivity index (χ2n) is 3.70. The Morgan fingerprint density at radius 3 is 3.00 bits per heavy atom. The molecular formula is C12H15N3S. The average Bonchev–Trinajstić information content (AvgIpc) is 2.81. The van der Waals surface area contributed by atoms with E-state index >= 15 is 0 Å². The van der Waals surface area contributed by atoms with Crippen LogP contribution in [0.1, 0.15) is 11.1 Å². The van der Waals surface area contributed by atoms with E-state index in [2.05, 4.69) is 33.8 Å². The van der Waals surface area contributed by atoms with Gasteiger partial charge < -0.3 is 10.6 Å². The van der Waals surface area contributed by atoms with Crippen LogP contribution >= 0.6 is 11.3 Å². The number of pyridine rings is 1. The SMILES string of the molecule is CN(Cc1ccsc1)c1cnccc1CN. The van der Waals surface area contributed by atoms with Crippen LogP contribution < -0.4 is 10.6 Å². The molecule has 0 aromatic carbocycles. The van der Waals surface area contributed by atoms with E-state index in [0.29, 0.717) is 6.54 Å². The zero-order valence-electron chi connectivity index (χ0n) is 9.26. The molecule has 0 unspecified atom stereocenters. The largest absolute Gasteiger partial charge is 0.369 e. The minimum absolute atomic E-state index is 0.547. The fourth-order valence-corrected chi connectivity index (χ4v) is 2.33. The van der Waals surface area contributed by atoms with Crippen LogP contribution in [0.15, 0.2) is 35.3 Å². The van der Waals surface area contributed by atoms with Gasteiger partial charge in [-0.2, -0.15) is 11.3 Å². The normalized spacial score (nSPS) is 10.4. The Bertz CT molecular complexity index is 439. The van der Waals surface area contributed by atoms with Crippen molar-refractivity contribution in [1.29, 1.82) is 0 Å². The minimum Gasteiger partial charge on any atom is -0.369 e. The first kappa shape index (κ1) is 11.1. The van der Waals surface area contributed by atoms with Gasteiger partial charge in [0.15, 0.2) is 0 Å². The fraction of sp³-hybridized carbons (Fsp3) is 0.250. The second kappa shape index (κ2) is 5.09. The lowest BCUT2D eigenvalue weighted by Gasteiger charge is -2.20. The molecule has 84 valence electrons. The highest BCUT2D eigenvalue weighted by atomic mass is 32.1. The minimum atomic E-state index is 0.547. The van der Waals surface area contributed by atoms with E-state index < -0.39 is 0 Å². The van der Waals surface area contributed by atoms with Crippen molar-refractivity contribution < 1.29 is 0 Å². The molecule has 4 heteroatoms. The summed E-state index contributed by atoms with van der Waals surface area (Å²) in [6.07, 6.45) is 3.65. The molecule has 3 nitrogen and oxygen atoms in total. The number of aromatic nitrogens is 1. The van der Waals surface area contributed by atoms with Gasteiger partial charge in [0.05, 0.1) is 11.9 Å². The number of hydrogen-bond donors (Lipinski definition) is 1. The lowest BCUT2D eigenvalue weighted by Crippen LogP contribution is -2.18. The molecule has 0 amide bonds. The summed E-state index contributed by atoms with van der Waals surface area (Å²) in [6, 6.07) is 4.11. The third-order valence-electron chi connectivity index (χ3n) is 2.52. The molecule has 0 spiro atoms. The Morgan fingerprint density at radius 1 is 1.44 bits per heavy atom. The van der Waals surface area contributed by atoms with Crippen LogP contribution in [0.2, 0.25) is 0 Å². The Kier molecular flexibility index (Phi) is 3.54. The summed E-state index contributed by atoms with van der Waals surface area (Å²) in [4.78, 5) is 6.33. The highest BCUT2D eigenvalue weighted by Crippen LogP contribution is 2.20. The van der Waals surface area contributed by atoms with E-state index in [1.54, 1.807) is 17.5 Å². The monoisotopic (exact) mass is 233 g/mol. The molecular weight excluding hydrogens is 218 g/mol. The molecule has 2 N–H and O–H groups in total. The van der Waals surface area contributed by atoms with Crippen molar-refractivity contribution in [3.8, 4) is 0 Å². The van der Waals surface area contributed by atoms with E-state index in [0.717, 1.165) is 17.8 Å². The molecule has 2 aromatic heterocycles. The first-order valence-electron chi connectivity index (χ1n) is 5.16. The Labute approximate surface area is 99.5 Å². The second-order valence-corrected chi connectivity index (χ2v) is 4.48. The van der Waals surface area contributed by atoms with Crippen LogP contribution in [-0.4, -0.2) is 12.0 Å². The van der Waals surface area contributed by atoms with Gasteiger partial charge in [-0.05, 0) is 34.0 Å². The standard InChI is InChI=1S/C12H15N3S/c1-15(8-10-3-5-16-9-10)12-7-14-4-2-11(12)6-13/h2-5,7,9H,6,8,13H2,1H3. The van der Waals surface area contributed by atoms with Crippen molar-refractivity contribution in [1.82, 2.24) is 4.98 Å². The van der Waals surface area contributed by atoms with E-state index in [-0.39, 0.29) is 0 Å². The van der Waals surface area contributed by atoms with Crippen molar-refractivity contribution in [2.45, 2.75) is 13.1 Å². The van der Waals surface area contributed by atoms with E-state index in [4.69, 9.17) is 5.73 Å². The summed E-state index contributed by atoms with van der Waals surface area (Å²) in [5.41, 5.74) is 9.27. The third kappa shape index (κ3) is 2.40. The Balaban J connectivity index is 2.17. The zero-order chi connectivity index (χ0) is 11.4. The number of rotatable bonds is 4. The van der Waals surface area contributed by atoms with Gasteiger partial charge in [-0.15, -0.1) is 0 Å². The summed E-state index contributed by atoms with van der Waals surface area (Å²) in [7, 11) is 2.06. The number of hydrogen-bond acceptors (Lipinski definition) is 4. The molecule has 0 aliphatic heterocycles. The van der Waals surface area contributed by atoms with Gasteiger partial charge in [0, 0.05) is 26.3 Å². The molecule has 16 heavy (non-hydrogen) atoms. The van der Waals surface area contributed by atoms with Gasteiger partial charge in [0.1, 0.15) is 0 Å². The maximum absolute atomic E-state index is 5.71. The van der Waals surface area contributed by atoms with Gasteiger partial charge in [-0.1, -0.05) is 0 Å². The number of anilines is 1. The fourth-order valence-electron chi connectivity index (χ4n) is 1.67.